The van der Waals surface area contributed by atoms with Gasteiger partial charge in [0.05, 0.1) is 11.9 Å². The first-order chi connectivity index (χ1) is 15.8. The summed E-state index contributed by atoms with van der Waals surface area (Å²) in [5.74, 6) is -0.843. The van der Waals surface area contributed by atoms with Crippen LogP contribution >= 0.6 is 23.2 Å². The maximum Gasteiger partial charge on any atom is 0.244 e. The van der Waals surface area contributed by atoms with Crippen molar-refractivity contribution in [2.75, 3.05) is 17.1 Å². The largest absolute Gasteiger partial charge is 0.352 e. The number of amides is 2. The van der Waals surface area contributed by atoms with E-state index in [4.69, 9.17) is 23.2 Å². The lowest BCUT2D eigenvalue weighted by Gasteiger charge is -2.32. The molecule has 0 heterocycles. The van der Waals surface area contributed by atoms with Crippen LogP contribution in [0.5, 0.6) is 0 Å². The molecular formula is C24H31Cl2N3O4S. The molecule has 2 atom stereocenters. The number of anilines is 1. The highest BCUT2D eigenvalue weighted by atomic mass is 35.5. The molecule has 0 aromatic heterocycles. The summed E-state index contributed by atoms with van der Waals surface area (Å²) in [6.45, 7) is 6.88. The minimum absolute atomic E-state index is 0.0651. The molecule has 0 aliphatic carbocycles. The Morgan fingerprint density at radius 3 is 2.21 bits per heavy atom. The third-order valence-corrected chi connectivity index (χ3v) is 7.36. The Bertz CT molecular complexity index is 1120. The van der Waals surface area contributed by atoms with Crippen molar-refractivity contribution in [3.05, 3.63) is 63.6 Å². The molecular weight excluding hydrogens is 497 g/mol. The summed E-state index contributed by atoms with van der Waals surface area (Å²) in [7, 11) is -3.81. The molecule has 0 radical (unpaired) electrons. The molecule has 0 saturated carbocycles. The van der Waals surface area contributed by atoms with E-state index >= 15 is 0 Å². The Hall–Kier alpha value is -2.29. The highest BCUT2D eigenvalue weighted by molar-refractivity contribution is 7.92. The molecule has 1 N–H and O–H groups in total. The summed E-state index contributed by atoms with van der Waals surface area (Å²) in [6, 6.07) is 10.8. The van der Waals surface area contributed by atoms with Crippen molar-refractivity contribution in [1.29, 1.82) is 0 Å². The van der Waals surface area contributed by atoms with E-state index in [-0.39, 0.29) is 24.2 Å². The average Bonchev–Trinajstić information content (AvgIpc) is 2.77. The van der Waals surface area contributed by atoms with Crippen LogP contribution in [-0.4, -0.2) is 50.0 Å². The van der Waals surface area contributed by atoms with Gasteiger partial charge in [0.2, 0.25) is 21.8 Å². The van der Waals surface area contributed by atoms with E-state index in [1.807, 2.05) is 13.8 Å². The highest BCUT2D eigenvalue weighted by Crippen LogP contribution is 2.25. The molecule has 0 aliphatic heterocycles. The number of nitrogens with one attached hydrogen (secondary N) is 1. The molecule has 0 aliphatic rings. The van der Waals surface area contributed by atoms with E-state index in [0.29, 0.717) is 10.0 Å². The van der Waals surface area contributed by atoms with Crippen LogP contribution in [0.4, 0.5) is 5.69 Å². The van der Waals surface area contributed by atoms with E-state index in [9.17, 15) is 18.0 Å². The van der Waals surface area contributed by atoms with Gasteiger partial charge in [0, 0.05) is 22.6 Å². The second-order valence-corrected chi connectivity index (χ2v) is 11.1. The predicted octanol–water partition coefficient (Wildman–Crippen LogP) is 4.40. The molecule has 0 saturated heterocycles. The minimum Gasteiger partial charge on any atom is -0.352 e. The Balaban J connectivity index is 2.39. The molecule has 2 amide bonds. The Labute approximate surface area is 212 Å². The van der Waals surface area contributed by atoms with Crippen LogP contribution in [0.25, 0.3) is 0 Å². The van der Waals surface area contributed by atoms with Crippen LogP contribution in [0.15, 0.2) is 42.5 Å². The molecule has 34 heavy (non-hydrogen) atoms. The topological polar surface area (TPSA) is 86.8 Å². The first-order valence-corrected chi connectivity index (χ1v) is 13.5. The molecule has 7 nitrogen and oxygen atoms in total. The van der Waals surface area contributed by atoms with Crippen LogP contribution in [0, 0.1) is 6.92 Å². The van der Waals surface area contributed by atoms with Crippen molar-refractivity contribution in [2.45, 2.75) is 52.7 Å². The zero-order chi connectivity index (χ0) is 25.6. The molecule has 0 fully saturated rings. The van der Waals surface area contributed by atoms with Crippen molar-refractivity contribution in [2.24, 2.45) is 0 Å². The molecule has 2 unspecified atom stereocenters. The van der Waals surface area contributed by atoms with Crippen LogP contribution in [0.2, 0.25) is 10.0 Å². The third-order valence-electron chi connectivity index (χ3n) is 5.56. The second kappa shape index (κ2) is 11.9. The van der Waals surface area contributed by atoms with E-state index < -0.39 is 28.5 Å². The average molecular weight is 529 g/mol. The van der Waals surface area contributed by atoms with Crippen molar-refractivity contribution in [1.82, 2.24) is 10.2 Å². The van der Waals surface area contributed by atoms with Crippen LogP contribution < -0.4 is 9.62 Å². The lowest BCUT2D eigenvalue weighted by molar-refractivity contribution is -0.139. The van der Waals surface area contributed by atoms with Gasteiger partial charge < -0.3 is 10.2 Å². The molecule has 2 rings (SSSR count). The molecule has 186 valence electrons. The number of carbonyl (C=O) groups excluding carboxylic acids is 2. The summed E-state index contributed by atoms with van der Waals surface area (Å²) in [5.41, 5.74) is 1.81. The maximum absolute atomic E-state index is 13.5. The minimum atomic E-state index is -3.81. The summed E-state index contributed by atoms with van der Waals surface area (Å²) < 4.78 is 26.2. The number of sulfonamides is 1. The quantitative estimate of drug-likeness (QED) is 0.495. The smallest absolute Gasteiger partial charge is 0.244 e. The van der Waals surface area contributed by atoms with Crippen molar-refractivity contribution in [3.63, 3.8) is 0 Å². The molecule has 2 aromatic carbocycles. The first kappa shape index (κ1) is 28.0. The lowest BCUT2D eigenvalue weighted by Crippen LogP contribution is -2.52. The number of hydrogen-bond donors (Lipinski definition) is 1. The van der Waals surface area contributed by atoms with E-state index in [0.717, 1.165) is 28.1 Å². The maximum atomic E-state index is 13.5. The van der Waals surface area contributed by atoms with Gasteiger partial charge >= 0.3 is 0 Å². The number of aryl methyl sites for hydroxylation is 1. The van der Waals surface area contributed by atoms with Crippen molar-refractivity contribution in [3.8, 4) is 0 Å². The van der Waals surface area contributed by atoms with E-state index in [1.165, 1.54) is 11.0 Å². The zero-order valence-corrected chi connectivity index (χ0v) is 22.3. The van der Waals surface area contributed by atoms with Crippen molar-refractivity contribution >= 4 is 50.7 Å². The van der Waals surface area contributed by atoms with Gasteiger partial charge in [-0.05, 0) is 62.6 Å². The standard InChI is InChI=1S/C24H31Cl2N3O4S/c1-6-17(3)27-24(31)18(4)28(14-19-8-10-20(25)11-9-19)23(30)15-29(34(5,32)33)21-12-7-16(2)22(26)13-21/h7-13,17-18H,6,14-15H2,1-5H3,(H,27,31). The highest BCUT2D eigenvalue weighted by Gasteiger charge is 2.30. The molecule has 0 spiro atoms. The predicted molar refractivity (Wildman–Crippen MR) is 138 cm³/mol. The van der Waals surface area contributed by atoms with Gasteiger partial charge in [-0.2, -0.15) is 0 Å². The number of carbonyl (C=O) groups is 2. The van der Waals surface area contributed by atoms with Gasteiger partial charge in [0.1, 0.15) is 12.6 Å². The fraction of sp³-hybridized carbons (Fsp3) is 0.417. The van der Waals surface area contributed by atoms with Gasteiger partial charge in [-0.1, -0.05) is 48.3 Å². The van der Waals surface area contributed by atoms with Crippen LogP contribution in [0.1, 0.15) is 38.3 Å². The van der Waals surface area contributed by atoms with Gasteiger partial charge in [0.25, 0.3) is 0 Å². The summed E-state index contributed by atoms with van der Waals surface area (Å²) in [5, 5.41) is 3.82. The number of halogens is 2. The zero-order valence-electron chi connectivity index (χ0n) is 20.0. The molecule has 2 aromatic rings. The van der Waals surface area contributed by atoms with Gasteiger partial charge in [-0.25, -0.2) is 8.42 Å². The fourth-order valence-electron chi connectivity index (χ4n) is 3.19. The SMILES string of the molecule is CCC(C)NC(=O)C(C)N(Cc1ccc(Cl)cc1)C(=O)CN(c1ccc(C)c(Cl)c1)S(C)(=O)=O. The Morgan fingerprint density at radius 1 is 1.06 bits per heavy atom. The number of rotatable bonds is 10. The van der Waals surface area contributed by atoms with E-state index in [1.54, 1.807) is 50.2 Å². The van der Waals surface area contributed by atoms with E-state index in [2.05, 4.69) is 5.32 Å². The van der Waals surface area contributed by atoms with Crippen LogP contribution in [0.3, 0.4) is 0 Å². The number of hydrogen-bond acceptors (Lipinski definition) is 4. The molecule has 10 heteroatoms. The Morgan fingerprint density at radius 2 is 1.68 bits per heavy atom. The summed E-state index contributed by atoms with van der Waals surface area (Å²) in [6.07, 6.45) is 1.76. The summed E-state index contributed by atoms with van der Waals surface area (Å²) >= 11 is 12.2. The monoisotopic (exact) mass is 527 g/mol. The molecule has 0 bridgehead atoms. The first-order valence-electron chi connectivity index (χ1n) is 10.9. The fourth-order valence-corrected chi connectivity index (χ4v) is 4.33. The van der Waals surface area contributed by atoms with Crippen LogP contribution in [-0.2, 0) is 26.2 Å². The normalized spacial score (nSPS) is 13.1. The number of nitrogens with zero attached hydrogens (tertiary/aromatic N) is 2. The van der Waals surface area contributed by atoms with Gasteiger partial charge in [0.15, 0.2) is 0 Å². The summed E-state index contributed by atoms with van der Waals surface area (Å²) in [4.78, 5) is 27.7. The number of benzene rings is 2. The second-order valence-electron chi connectivity index (χ2n) is 8.35. The Kier molecular flexibility index (Phi) is 9.79. The lowest BCUT2D eigenvalue weighted by atomic mass is 10.1. The van der Waals surface area contributed by atoms with Gasteiger partial charge in [-0.15, -0.1) is 0 Å². The third kappa shape index (κ3) is 7.61. The van der Waals surface area contributed by atoms with Crippen molar-refractivity contribution < 1.29 is 18.0 Å². The van der Waals surface area contributed by atoms with Gasteiger partial charge in [-0.3, -0.25) is 13.9 Å².